The minimum atomic E-state index is -0.115. The number of benzene rings is 6. The average Bonchev–Trinajstić information content (AvgIpc) is 3.37. The van der Waals surface area contributed by atoms with Crippen LogP contribution in [-0.4, -0.2) is 9.97 Å². The van der Waals surface area contributed by atoms with Crippen molar-refractivity contribution in [2.45, 2.75) is 19.3 Å². The van der Waals surface area contributed by atoms with Gasteiger partial charge in [0, 0.05) is 22.1 Å². The van der Waals surface area contributed by atoms with Crippen LogP contribution in [0.3, 0.4) is 0 Å². The van der Waals surface area contributed by atoms with Crippen molar-refractivity contribution >= 4 is 5.69 Å². The molecular weight excluding hydrogens is 571 g/mol. The second-order valence-electron chi connectivity index (χ2n) is 12.6. The standard InChI is InChI=1S/C44H31N3/c1-44(2)39-25-23-36(45-3)27-38(39)37-24-22-35(26-40(37)44)31-16-14-29(15-17-31)30-18-20-33(21-19-30)42-28-41(32-10-6-4-7-11-32)46-43(47-42)34-12-8-5-9-13-34/h4-28H,1-2H3. The molecule has 6 aromatic carbocycles. The van der Waals surface area contributed by atoms with E-state index in [-0.39, 0.29) is 5.41 Å². The molecule has 1 aliphatic carbocycles. The lowest BCUT2D eigenvalue weighted by atomic mass is 9.81. The molecule has 3 nitrogen and oxygen atoms in total. The smallest absolute Gasteiger partial charge is 0.187 e. The molecule has 0 radical (unpaired) electrons. The molecule has 1 heterocycles. The highest BCUT2D eigenvalue weighted by Gasteiger charge is 2.35. The van der Waals surface area contributed by atoms with E-state index in [4.69, 9.17) is 16.5 Å². The second-order valence-corrected chi connectivity index (χ2v) is 12.6. The van der Waals surface area contributed by atoms with E-state index in [1.807, 2.05) is 48.5 Å². The molecular formula is C44H31N3. The van der Waals surface area contributed by atoms with E-state index in [0.717, 1.165) is 33.6 Å². The number of aromatic nitrogens is 2. The normalized spacial score (nSPS) is 12.6. The van der Waals surface area contributed by atoms with E-state index in [0.29, 0.717) is 11.5 Å². The highest BCUT2D eigenvalue weighted by molar-refractivity contribution is 5.86. The molecule has 8 rings (SSSR count). The van der Waals surface area contributed by atoms with Crippen molar-refractivity contribution in [3.8, 4) is 67.3 Å². The highest BCUT2D eigenvalue weighted by atomic mass is 14.9. The van der Waals surface area contributed by atoms with Crippen molar-refractivity contribution in [3.05, 3.63) is 174 Å². The third-order valence-corrected chi connectivity index (χ3v) is 9.35. The maximum absolute atomic E-state index is 7.46. The molecule has 0 spiro atoms. The Hall–Kier alpha value is -6.11. The van der Waals surface area contributed by atoms with Gasteiger partial charge in [-0.05, 0) is 62.7 Å². The molecule has 222 valence electrons. The first-order chi connectivity index (χ1) is 23.0. The van der Waals surface area contributed by atoms with Gasteiger partial charge < -0.3 is 0 Å². The fourth-order valence-corrected chi connectivity index (χ4v) is 6.75. The maximum Gasteiger partial charge on any atom is 0.187 e. The van der Waals surface area contributed by atoms with E-state index in [2.05, 4.69) is 122 Å². The second kappa shape index (κ2) is 11.4. The Kier molecular flexibility index (Phi) is 6.85. The Labute approximate surface area is 275 Å². The van der Waals surface area contributed by atoms with Crippen LogP contribution in [0, 0.1) is 6.57 Å². The lowest BCUT2D eigenvalue weighted by Crippen LogP contribution is -2.14. The average molecular weight is 602 g/mol. The Morgan fingerprint density at radius 2 is 0.957 bits per heavy atom. The van der Waals surface area contributed by atoms with Gasteiger partial charge in [0.15, 0.2) is 11.5 Å². The maximum atomic E-state index is 7.46. The van der Waals surface area contributed by atoms with E-state index in [1.54, 1.807) is 0 Å². The summed E-state index contributed by atoms with van der Waals surface area (Å²) >= 11 is 0. The zero-order valence-corrected chi connectivity index (χ0v) is 26.3. The molecule has 0 amide bonds. The topological polar surface area (TPSA) is 30.1 Å². The van der Waals surface area contributed by atoms with Crippen LogP contribution in [0.2, 0.25) is 0 Å². The summed E-state index contributed by atoms with van der Waals surface area (Å²) < 4.78 is 0. The van der Waals surface area contributed by atoms with Gasteiger partial charge in [0.05, 0.1) is 18.0 Å². The molecule has 0 fully saturated rings. The summed E-state index contributed by atoms with van der Waals surface area (Å²) in [5.41, 5.74) is 15.2. The SMILES string of the molecule is [C-]#[N+]c1ccc2c(c1)-c1ccc(-c3ccc(-c4ccc(-c5cc(-c6ccccc6)nc(-c6ccccc6)n5)cc4)cc3)cc1C2(C)C. The largest absolute Gasteiger partial charge is 0.238 e. The van der Waals surface area contributed by atoms with Crippen molar-refractivity contribution in [3.63, 3.8) is 0 Å². The van der Waals surface area contributed by atoms with Crippen LogP contribution in [-0.2, 0) is 5.41 Å². The van der Waals surface area contributed by atoms with Gasteiger partial charge in [0.25, 0.3) is 0 Å². The third kappa shape index (κ3) is 5.11. The first kappa shape index (κ1) is 28.4. The van der Waals surface area contributed by atoms with Crippen LogP contribution in [0.1, 0.15) is 25.0 Å². The van der Waals surface area contributed by atoms with Gasteiger partial charge in [-0.2, -0.15) is 0 Å². The van der Waals surface area contributed by atoms with Gasteiger partial charge in [-0.3, -0.25) is 0 Å². The summed E-state index contributed by atoms with van der Waals surface area (Å²) in [5, 5.41) is 0. The minimum Gasteiger partial charge on any atom is -0.238 e. The van der Waals surface area contributed by atoms with Gasteiger partial charge in [-0.15, -0.1) is 0 Å². The number of hydrogen-bond donors (Lipinski definition) is 0. The molecule has 1 aliphatic rings. The monoisotopic (exact) mass is 601 g/mol. The molecule has 47 heavy (non-hydrogen) atoms. The Bertz CT molecular complexity index is 2240. The summed E-state index contributed by atoms with van der Waals surface area (Å²) in [5.74, 6) is 0.716. The van der Waals surface area contributed by atoms with E-state index < -0.39 is 0 Å². The Morgan fingerprint density at radius 1 is 0.447 bits per heavy atom. The number of nitrogens with zero attached hydrogens (tertiary/aromatic N) is 3. The van der Waals surface area contributed by atoms with Crippen molar-refractivity contribution in [2.75, 3.05) is 0 Å². The Morgan fingerprint density at radius 3 is 1.55 bits per heavy atom. The van der Waals surface area contributed by atoms with E-state index >= 15 is 0 Å². The molecule has 7 aromatic rings. The molecule has 3 heteroatoms. The third-order valence-electron chi connectivity index (χ3n) is 9.35. The van der Waals surface area contributed by atoms with E-state index in [9.17, 15) is 0 Å². The van der Waals surface area contributed by atoms with Gasteiger partial charge in [-0.1, -0.05) is 147 Å². The van der Waals surface area contributed by atoms with Gasteiger partial charge in [-0.25, -0.2) is 14.8 Å². The lowest BCUT2D eigenvalue weighted by molar-refractivity contribution is 0.660. The number of rotatable bonds is 5. The molecule has 0 bridgehead atoms. The molecule has 0 saturated heterocycles. The fraction of sp³-hybridized carbons (Fsp3) is 0.0682. The number of hydrogen-bond acceptors (Lipinski definition) is 2. The van der Waals surface area contributed by atoms with Gasteiger partial charge >= 0.3 is 0 Å². The van der Waals surface area contributed by atoms with Crippen LogP contribution in [0.5, 0.6) is 0 Å². The molecule has 0 saturated carbocycles. The molecule has 1 aromatic heterocycles. The molecule has 0 aliphatic heterocycles. The fourth-order valence-electron chi connectivity index (χ4n) is 6.75. The quantitative estimate of drug-likeness (QED) is 0.184. The zero-order chi connectivity index (χ0) is 32.0. The van der Waals surface area contributed by atoms with Gasteiger partial charge in [0.2, 0.25) is 0 Å². The lowest BCUT2D eigenvalue weighted by Gasteiger charge is -2.22. The highest BCUT2D eigenvalue weighted by Crippen LogP contribution is 2.50. The summed E-state index contributed by atoms with van der Waals surface area (Å²) in [6.07, 6.45) is 0. The van der Waals surface area contributed by atoms with E-state index in [1.165, 1.54) is 38.9 Å². The van der Waals surface area contributed by atoms with Crippen LogP contribution < -0.4 is 0 Å². The summed E-state index contributed by atoms with van der Waals surface area (Å²) in [7, 11) is 0. The Balaban J connectivity index is 1.08. The first-order valence-electron chi connectivity index (χ1n) is 15.9. The summed E-state index contributed by atoms with van der Waals surface area (Å²) in [6.45, 7) is 12.0. The van der Waals surface area contributed by atoms with Crippen LogP contribution >= 0.6 is 0 Å². The first-order valence-corrected chi connectivity index (χ1v) is 15.9. The minimum absolute atomic E-state index is 0.115. The summed E-state index contributed by atoms with van der Waals surface area (Å²) in [4.78, 5) is 13.6. The van der Waals surface area contributed by atoms with Crippen molar-refractivity contribution in [1.29, 1.82) is 0 Å². The zero-order valence-electron chi connectivity index (χ0n) is 26.3. The van der Waals surface area contributed by atoms with Crippen LogP contribution in [0.15, 0.2) is 152 Å². The molecule has 0 unspecified atom stereocenters. The predicted molar refractivity (Wildman–Crippen MR) is 193 cm³/mol. The van der Waals surface area contributed by atoms with Crippen LogP contribution in [0.4, 0.5) is 5.69 Å². The molecule has 0 N–H and O–H groups in total. The van der Waals surface area contributed by atoms with Gasteiger partial charge in [0.1, 0.15) is 0 Å². The van der Waals surface area contributed by atoms with Crippen LogP contribution in [0.25, 0.3) is 72.1 Å². The van der Waals surface area contributed by atoms with Crippen molar-refractivity contribution in [1.82, 2.24) is 9.97 Å². The summed E-state index contributed by atoms with van der Waals surface area (Å²) in [6, 6.07) is 52.8. The van der Waals surface area contributed by atoms with Crippen molar-refractivity contribution in [2.24, 2.45) is 0 Å². The number of fused-ring (bicyclic) bond motifs is 3. The molecule has 0 atom stereocenters. The predicted octanol–water partition coefficient (Wildman–Crippen LogP) is 11.7. The van der Waals surface area contributed by atoms with Crippen molar-refractivity contribution < 1.29 is 0 Å².